The number of carbonyl (C=O) groups is 1. The van der Waals surface area contributed by atoms with Crippen LogP contribution in [0.4, 0.5) is 21.9 Å². The topological polar surface area (TPSA) is 51.7 Å². The molecule has 3 heterocycles. The fourth-order valence-corrected chi connectivity index (χ4v) is 6.11. The summed E-state index contributed by atoms with van der Waals surface area (Å²) in [6.07, 6.45) is 5.54. The van der Waals surface area contributed by atoms with Crippen LogP contribution in [0.15, 0.2) is 77.5 Å². The van der Waals surface area contributed by atoms with E-state index in [4.69, 9.17) is 0 Å². The number of anilines is 3. The molecular weight excluding hydrogens is 526 g/mol. The minimum Gasteiger partial charge on any atom is -0.368 e. The predicted octanol–water partition coefficient (Wildman–Crippen LogP) is 6.40. The number of fused-ring (bicyclic) bond motifs is 2. The molecule has 0 bridgehead atoms. The Morgan fingerprint density at radius 1 is 0.892 bits per heavy atom. The first-order valence-corrected chi connectivity index (χ1v) is 13.6. The van der Waals surface area contributed by atoms with Crippen LogP contribution in [0.25, 0.3) is 21.9 Å². The number of aromatic nitrogens is 1. The number of rotatable bonds is 3. The number of pyridine rings is 1. The van der Waals surface area contributed by atoms with Crippen LogP contribution in [-0.2, 0) is 6.42 Å². The fourth-order valence-electron chi connectivity index (χ4n) is 5.47. The van der Waals surface area contributed by atoms with Crippen LogP contribution in [0.5, 0.6) is 0 Å². The van der Waals surface area contributed by atoms with Gasteiger partial charge in [-0.05, 0) is 88.2 Å². The average molecular weight is 557 g/mol. The van der Waals surface area contributed by atoms with Gasteiger partial charge in [-0.2, -0.15) is 0 Å². The summed E-state index contributed by atoms with van der Waals surface area (Å²) in [6, 6.07) is 20.7. The molecule has 2 aliphatic rings. The monoisotopic (exact) mass is 555 g/mol. The minimum absolute atomic E-state index is 0.0885. The number of carbonyl (C=O) groups excluding carboxylic acids is 1. The Bertz CT molecular complexity index is 1450. The van der Waals surface area contributed by atoms with Crippen molar-refractivity contribution in [2.24, 2.45) is 0 Å². The van der Waals surface area contributed by atoms with Crippen molar-refractivity contribution in [3.63, 3.8) is 0 Å². The quantitative estimate of drug-likeness (QED) is 0.317. The highest BCUT2D eigenvalue weighted by molar-refractivity contribution is 9.10. The minimum atomic E-state index is -0.0885. The van der Waals surface area contributed by atoms with E-state index in [1.165, 1.54) is 11.3 Å². The van der Waals surface area contributed by atoms with Crippen LogP contribution in [0, 0.1) is 0 Å². The molecule has 2 amide bonds. The zero-order valence-corrected chi connectivity index (χ0v) is 22.5. The number of piperazine rings is 1. The van der Waals surface area contributed by atoms with Gasteiger partial charge in [0.15, 0.2) is 0 Å². The van der Waals surface area contributed by atoms with Crippen molar-refractivity contribution in [1.82, 2.24) is 9.88 Å². The molecule has 0 saturated carbocycles. The summed E-state index contributed by atoms with van der Waals surface area (Å²) in [7, 11) is 2.17. The van der Waals surface area contributed by atoms with Crippen LogP contribution < -0.4 is 15.1 Å². The molecule has 0 unspecified atom stereocenters. The number of nitrogens with zero attached hydrogens (tertiary/aromatic N) is 4. The molecule has 37 heavy (non-hydrogen) atoms. The van der Waals surface area contributed by atoms with Crippen LogP contribution in [0.3, 0.4) is 0 Å². The van der Waals surface area contributed by atoms with Crippen molar-refractivity contribution in [3.05, 3.63) is 83.1 Å². The van der Waals surface area contributed by atoms with Crippen LogP contribution in [0.2, 0.25) is 0 Å². The lowest BCUT2D eigenvalue weighted by Gasteiger charge is -2.36. The highest BCUT2D eigenvalue weighted by atomic mass is 79.9. The standard InChI is InChI=1S/C30H30BrN5O/c1-34-15-17-35(18-16-34)29-20-28-22(19-26(29)31)5-4-14-36(28)30(37)33-27-9-8-23(21-10-12-32-13-11-21)24-6-2-3-7-25(24)27/h2-3,6-13,19-20H,4-5,14-18H2,1H3,(H,33,37). The predicted molar refractivity (Wildman–Crippen MR) is 156 cm³/mol. The summed E-state index contributed by atoms with van der Waals surface area (Å²) in [5.74, 6) is 0. The first-order chi connectivity index (χ1) is 18.1. The summed E-state index contributed by atoms with van der Waals surface area (Å²) in [5.41, 5.74) is 6.44. The molecule has 1 aromatic heterocycles. The third-order valence-corrected chi connectivity index (χ3v) is 8.15. The Morgan fingerprint density at radius 2 is 1.65 bits per heavy atom. The van der Waals surface area contributed by atoms with Crippen LogP contribution in [-0.4, -0.2) is 55.7 Å². The van der Waals surface area contributed by atoms with Crippen molar-refractivity contribution >= 4 is 49.8 Å². The SMILES string of the molecule is CN1CCN(c2cc3c(cc2Br)CCCN3C(=O)Nc2ccc(-c3ccncc3)c3ccccc23)CC1. The first kappa shape index (κ1) is 23.9. The summed E-state index contributed by atoms with van der Waals surface area (Å²) >= 11 is 3.81. The highest BCUT2D eigenvalue weighted by Gasteiger charge is 2.26. The van der Waals surface area contributed by atoms with Crippen molar-refractivity contribution in [2.75, 3.05) is 54.9 Å². The van der Waals surface area contributed by atoms with Gasteiger partial charge in [0.2, 0.25) is 0 Å². The first-order valence-electron chi connectivity index (χ1n) is 12.8. The van der Waals surface area contributed by atoms with Gasteiger partial charge in [0.05, 0.1) is 17.1 Å². The Balaban J connectivity index is 1.32. The van der Waals surface area contributed by atoms with E-state index in [9.17, 15) is 4.79 Å². The second-order valence-electron chi connectivity index (χ2n) is 9.85. The maximum atomic E-state index is 13.7. The smallest absolute Gasteiger partial charge is 0.326 e. The van der Waals surface area contributed by atoms with Crippen molar-refractivity contribution in [3.8, 4) is 11.1 Å². The Morgan fingerprint density at radius 3 is 2.43 bits per heavy atom. The van der Waals surface area contributed by atoms with Gasteiger partial charge in [0.1, 0.15) is 0 Å². The third-order valence-electron chi connectivity index (χ3n) is 7.51. The number of hydrogen-bond acceptors (Lipinski definition) is 4. The molecule has 1 fully saturated rings. The number of amides is 2. The molecule has 0 atom stereocenters. The second kappa shape index (κ2) is 10.1. The van der Waals surface area contributed by atoms with Gasteiger partial charge in [-0.1, -0.05) is 30.3 Å². The molecule has 0 aliphatic carbocycles. The summed E-state index contributed by atoms with van der Waals surface area (Å²) in [6.45, 7) is 4.74. The molecule has 1 saturated heterocycles. The maximum absolute atomic E-state index is 13.7. The molecule has 3 aromatic carbocycles. The van der Waals surface area contributed by atoms with Crippen LogP contribution in [0.1, 0.15) is 12.0 Å². The fraction of sp³-hybridized carbons (Fsp3) is 0.267. The number of nitrogens with one attached hydrogen (secondary N) is 1. The number of likely N-dealkylation sites (N-methyl/N-ethyl adjacent to an activating group) is 1. The van der Waals surface area contributed by atoms with E-state index < -0.39 is 0 Å². The lowest BCUT2D eigenvalue weighted by molar-refractivity contribution is 0.256. The molecular formula is C30H30BrN5O. The Labute approximate surface area is 226 Å². The molecule has 4 aromatic rings. The summed E-state index contributed by atoms with van der Waals surface area (Å²) < 4.78 is 1.11. The number of halogens is 1. The Kier molecular flexibility index (Phi) is 6.57. The number of hydrogen-bond donors (Lipinski definition) is 1. The molecule has 0 spiro atoms. The van der Waals surface area contributed by atoms with Crippen molar-refractivity contribution < 1.29 is 4.79 Å². The molecule has 1 N–H and O–H groups in total. The summed E-state index contributed by atoms with van der Waals surface area (Å²) in [4.78, 5) is 24.6. The van der Waals surface area contributed by atoms with Crippen molar-refractivity contribution in [1.29, 1.82) is 0 Å². The van der Waals surface area contributed by atoms with Gasteiger partial charge in [-0.15, -0.1) is 0 Å². The third kappa shape index (κ3) is 4.69. The Hall–Kier alpha value is -3.42. The van der Waals surface area contributed by atoms with E-state index in [1.807, 2.05) is 47.6 Å². The maximum Gasteiger partial charge on any atom is 0.326 e. The van der Waals surface area contributed by atoms with E-state index in [2.05, 4.69) is 73.4 Å². The second-order valence-corrected chi connectivity index (χ2v) is 10.7. The van der Waals surface area contributed by atoms with Gasteiger partial charge in [0.25, 0.3) is 0 Å². The van der Waals surface area contributed by atoms with E-state index in [0.717, 1.165) is 76.8 Å². The highest BCUT2D eigenvalue weighted by Crippen LogP contribution is 2.38. The average Bonchev–Trinajstić information content (AvgIpc) is 2.93. The molecule has 0 radical (unpaired) electrons. The molecule has 6 nitrogen and oxygen atoms in total. The molecule has 2 aliphatic heterocycles. The number of benzene rings is 3. The van der Waals surface area contributed by atoms with E-state index >= 15 is 0 Å². The van der Waals surface area contributed by atoms with Gasteiger partial charge in [-0.25, -0.2) is 4.79 Å². The largest absolute Gasteiger partial charge is 0.368 e. The van der Waals surface area contributed by atoms with Gasteiger partial charge >= 0.3 is 6.03 Å². The lowest BCUT2D eigenvalue weighted by atomic mass is 9.98. The van der Waals surface area contributed by atoms with Crippen molar-refractivity contribution in [2.45, 2.75) is 12.8 Å². The van der Waals surface area contributed by atoms with Gasteiger partial charge < -0.3 is 15.1 Å². The molecule has 6 rings (SSSR count). The zero-order valence-electron chi connectivity index (χ0n) is 21.0. The lowest BCUT2D eigenvalue weighted by Crippen LogP contribution is -2.45. The molecule has 188 valence electrons. The van der Waals surface area contributed by atoms with Gasteiger partial charge in [-0.3, -0.25) is 9.88 Å². The number of urea groups is 1. The van der Waals surface area contributed by atoms with Crippen LogP contribution >= 0.6 is 15.9 Å². The normalized spacial score (nSPS) is 16.1. The number of aryl methyl sites for hydroxylation is 1. The van der Waals surface area contributed by atoms with E-state index in [-0.39, 0.29) is 6.03 Å². The molecule has 7 heteroatoms. The summed E-state index contributed by atoms with van der Waals surface area (Å²) in [5, 5.41) is 5.36. The zero-order chi connectivity index (χ0) is 25.4. The van der Waals surface area contributed by atoms with E-state index in [1.54, 1.807) is 0 Å². The van der Waals surface area contributed by atoms with E-state index in [0.29, 0.717) is 6.54 Å². The van der Waals surface area contributed by atoms with Gasteiger partial charge in [0, 0.05) is 55.0 Å².